The van der Waals surface area contributed by atoms with E-state index in [9.17, 15) is 9.46 Å². The lowest BCUT2D eigenvalue weighted by atomic mass is 10.2. The largest absolute Gasteiger partial charge is 0.756 e. The van der Waals surface area contributed by atoms with Crippen LogP contribution in [0, 0.1) is 0 Å². The number of rotatable bonds is 6. The van der Waals surface area contributed by atoms with Gasteiger partial charge in [0.05, 0.1) is 33.4 Å². The summed E-state index contributed by atoms with van der Waals surface area (Å²) in [5.74, 6) is 0. The van der Waals surface area contributed by atoms with E-state index in [4.69, 9.17) is 15.1 Å². The lowest BCUT2D eigenvalue weighted by molar-refractivity contribution is -0.870. The highest BCUT2D eigenvalue weighted by atomic mass is 31.2. The van der Waals surface area contributed by atoms with Gasteiger partial charge in [0, 0.05) is 0 Å². The molecule has 0 fully saturated rings. The fourth-order valence-corrected chi connectivity index (χ4v) is 1.08. The first kappa shape index (κ1) is 20.3. The highest BCUT2D eigenvalue weighted by molar-refractivity contribution is 7.44. The maximum absolute atomic E-state index is 10.1. The zero-order valence-electron chi connectivity index (χ0n) is 11.7. The molecule has 0 aromatic rings. The van der Waals surface area contributed by atoms with Gasteiger partial charge in [-0.3, -0.25) is 4.57 Å². The molecule has 0 saturated carbocycles. The molecule has 3 atom stereocenters. The van der Waals surface area contributed by atoms with Crippen LogP contribution in [0.1, 0.15) is 20.3 Å². The number of phosphoric ester groups is 1. The summed E-state index contributed by atoms with van der Waals surface area (Å²) in [6.45, 7) is 3.96. The summed E-state index contributed by atoms with van der Waals surface area (Å²) in [5, 5.41) is 17.3. The summed E-state index contributed by atoms with van der Waals surface area (Å²) < 4.78 is 14.8. The molecule has 0 rings (SSSR count). The van der Waals surface area contributed by atoms with Gasteiger partial charge >= 0.3 is 0 Å². The van der Waals surface area contributed by atoms with Gasteiger partial charge in [-0.1, -0.05) is 6.92 Å². The monoisotopic (exact) mass is 287 g/mol. The Hall–Kier alpha value is -0.0100. The molecule has 0 radical (unpaired) electrons. The van der Waals surface area contributed by atoms with E-state index >= 15 is 0 Å². The van der Waals surface area contributed by atoms with Crippen molar-refractivity contribution in [3.8, 4) is 0 Å². The molecular formula is C10H26NO6P. The number of nitrogens with zero attached hydrogens (tertiary/aromatic N) is 1. The molecule has 18 heavy (non-hydrogen) atoms. The van der Waals surface area contributed by atoms with E-state index in [-0.39, 0.29) is 6.61 Å². The van der Waals surface area contributed by atoms with Crippen molar-refractivity contribution in [3.05, 3.63) is 0 Å². The third-order valence-corrected chi connectivity index (χ3v) is 2.50. The van der Waals surface area contributed by atoms with E-state index in [1.165, 1.54) is 0 Å². The molecule has 8 heteroatoms. The molecule has 0 aliphatic carbocycles. The normalized spacial score (nSPS) is 18.3. The van der Waals surface area contributed by atoms with Gasteiger partial charge in [-0.15, -0.1) is 0 Å². The van der Waals surface area contributed by atoms with Gasteiger partial charge in [0.25, 0.3) is 7.82 Å². The van der Waals surface area contributed by atoms with E-state index in [1.54, 1.807) is 6.92 Å². The zero-order chi connectivity index (χ0) is 15.0. The Kier molecular flexibility index (Phi) is 10.1. The topological polar surface area (TPSA) is 110 Å². The van der Waals surface area contributed by atoms with Crippen LogP contribution in [-0.4, -0.2) is 66.1 Å². The number of aliphatic hydroxyl groups excluding tert-OH is 2. The van der Waals surface area contributed by atoms with Crippen LogP contribution in [0.5, 0.6) is 0 Å². The maximum atomic E-state index is 10.1. The number of aliphatic hydroxyl groups is 2. The fourth-order valence-electron chi connectivity index (χ4n) is 0.771. The standard InChI is InChI=1S/C5H14NO4P.C5H12O2/c1-6(2,3)4-5-10-11(7,8)9;1-3-5(7)4(2)6/h4-5H2,1-3H3,(H-,7,8,9);4-7H,3H2,1-2H3. The third-order valence-electron chi connectivity index (χ3n) is 1.99. The molecule has 0 aliphatic heterocycles. The first-order valence-electron chi connectivity index (χ1n) is 5.74. The average Bonchev–Trinajstić information content (AvgIpc) is 2.13. The highest BCUT2D eigenvalue weighted by Gasteiger charge is 2.09. The first-order chi connectivity index (χ1) is 7.89. The van der Waals surface area contributed by atoms with Crippen molar-refractivity contribution in [1.29, 1.82) is 0 Å². The molecule has 0 heterocycles. The Morgan fingerprint density at radius 1 is 1.33 bits per heavy atom. The molecule has 0 aromatic heterocycles. The summed E-state index contributed by atoms with van der Waals surface area (Å²) in [4.78, 5) is 18.3. The zero-order valence-corrected chi connectivity index (χ0v) is 12.6. The molecule has 0 spiro atoms. The second-order valence-electron chi connectivity index (χ2n) is 5.03. The van der Waals surface area contributed by atoms with Gasteiger partial charge in [-0.25, -0.2) is 0 Å². The minimum absolute atomic E-state index is 0.0147. The summed E-state index contributed by atoms with van der Waals surface area (Å²) >= 11 is 0. The summed E-state index contributed by atoms with van der Waals surface area (Å²) in [6.07, 6.45) is -0.498. The number of likely N-dealkylation sites (N-methyl/N-ethyl adjacent to an activating group) is 1. The average molecular weight is 287 g/mol. The molecular weight excluding hydrogens is 261 g/mol. The Bertz CT molecular complexity index is 247. The first-order valence-corrected chi connectivity index (χ1v) is 7.23. The predicted molar refractivity (Wildman–Crippen MR) is 66.7 cm³/mol. The summed E-state index contributed by atoms with van der Waals surface area (Å²) in [5.41, 5.74) is 0. The lowest BCUT2D eigenvalue weighted by Crippen LogP contribution is -2.37. The SMILES string of the molecule is CCC(O)C(C)O.C[N+](C)(C)CCOP(=O)([O-])O. The highest BCUT2D eigenvalue weighted by Crippen LogP contribution is 2.29. The van der Waals surface area contributed by atoms with Crippen molar-refractivity contribution >= 4 is 7.82 Å². The third kappa shape index (κ3) is 18.4. The van der Waals surface area contributed by atoms with Crippen molar-refractivity contribution in [3.63, 3.8) is 0 Å². The summed E-state index contributed by atoms with van der Waals surface area (Å²) in [7, 11) is 1.19. The van der Waals surface area contributed by atoms with E-state index in [0.29, 0.717) is 17.4 Å². The van der Waals surface area contributed by atoms with Crippen LogP contribution < -0.4 is 4.89 Å². The van der Waals surface area contributed by atoms with Crippen LogP contribution in [0.3, 0.4) is 0 Å². The molecule has 112 valence electrons. The summed E-state index contributed by atoms with van der Waals surface area (Å²) in [6, 6.07) is 0. The molecule has 7 nitrogen and oxygen atoms in total. The van der Waals surface area contributed by atoms with Crippen molar-refractivity contribution in [1.82, 2.24) is 0 Å². The molecule has 0 bridgehead atoms. The van der Waals surface area contributed by atoms with Crippen molar-refractivity contribution in [2.75, 3.05) is 34.3 Å². The van der Waals surface area contributed by atoms with Crippen LogP contribution in [-0.2, 0) is 9.09 Å². The minimum atomic E-state index is -4.51. The number of phosphoric acid groups is 1. The van der Waals surface area contributed by atoms with Gasteiger partial charge in [0.15, 0.2) is 0 Å². The quantitative estimate of drug-likeness (QED) is 0.440. The van der Waals surface area contributed by atoms with Crippen LogP contribution in [0.15, 0.2) is 0 Å². The van der Waals surface area contributed by atoms with Crippen LogP contribution >= 0.6 is 7.82 Å². The Morgan fingerprint density at radius 3 is 1.94 bits per heavy atom. The van der Waals surface area contributed by atoms with Crippen molar-refractivity contribution in [2.24, 2.45) is 0 Å². The van der Waals surface area contributed by atoms with E-state index < -0.39 is 20.0 Å². The van der Waals surface area contributed by atoms with E-state index in [2.05, 4.69) is 4.52 Å². The maximum Gasteiger partial charge on any atom is 0.265 e. The molecule has 3 unspecified atom stereocenters. The Labute approximate surface area is 109 Å². The second kappa shape index (κ2) is 8.98. The number of hydrogen-bond donors (Lipinski definition) is 3. The molecule has 0 saturated heterocycles. The van der Waals surface area contributed by atoms with E-state index in [1.807, 2.05) is 28.1 Å². The van der Waals surface area contributed by atoms with Crippen molar-refractivity contribution < 1.29 is 33.6 Å². The number of quaternary nitrogens is 1. The predicted octanol–water partition coefficient (Wildman–Crippen LogP) is -0.692. The van der Waals surface area contributed by atoms with E-state index in [0.717, 1.165) is 0 Å². The number of hydrogen-bond acceptors (Lipinski definition) is 5. The van der Waals surface area contributed by atoms with Gasteiger partial charge in [-0.2, -0.15) is 0 Å². The van der Waals surface area contributed by atoms with Gasteiger partial charge in [0.1, 0.15) is 13.2 Å². The smallest absolute Gasteiger partial charge is 0.265 e. The van der Waals surface area contributed by atoms with Gasteiger partial charge < -0.3 is 29.0 Å². The van der Waals surface area contributed by atoms with Crippen LogP contribution in [0.25, 0.3) is 0 Å². The molecule has 0 aliphatic rings. The Morgan fingerprint density at radius 2 is 1.78 bits per heavy atom. The van der Waals surface area contributed by atoms with Gasteiger partial charge in [-0.05, 0) is 13.3 Å². The fraction of sp³-hybridized carbons (Fsp3) is 1.00. The van der Waals surface area contributed by atoms with Crippen LogP contribution in [0.4, 0.5) is 0 Å². The lowest BCUT2D eigenvalue weighted by Gasteiger charge is -2.25. The molecule has 0 aromatic carbocycles. The van der Waals surface area contributed by atoms with Crippen molar-refractivity contribution in [2.45, 2.75) is 32.5 Å². The minimum Gasteiger partial charge on any atom is -0.756 e. The Balaban J connectivity index is 0. The van der Waals surface area contributed by atoms with Gasteiger partial charge in [0.2, 0.25) is 0 Å². The molecule has 0 amide bonds. The molecule has 3 N–H and O–H groups in total. The van der Waals surface area contributed by atoms with Crippen LogP contribution in [0.2, 0.25) is 0 Å². The second-order valence-corrected chi connectivity index (χ2v) is 6.23.